The van der Waals surface area contributed by atoms with Crippen LogP contribution in [-0.4, -0.2) is 36.4 Å². The molecule has 0 aromatic heterocycles. The summed E-state index contributed by atoms with van der Waals surface area (Å²) >= 11 is 0. The number of carboxylic acids is 1. The van der Waals surface area contributed by atoms with Gasteiger partial charge in [0.15, 0.2) is 5.54 Å². The van der Waals surface area contributed by atoms with E-state index in [1.807, 2.05) is 6.92 Å². The van der Waals surface area contributed by atoms with Gasteiger partial charge in [-0.1, -0.05) is 6.92 Å². The lowest BCUT2D eigenvalue weighted by atomic mass is 9.98. The highest BCUT2D eigenvalue weighted by atomic mass is 16.5. The van der Waals surface area contributed by atoms with Crippen LogP contribution < -0.4 is 5.32 Å². The van der Waals surface area contributed by atoms with E-state index in [1.54, 1.807) is 0 Å². The summed E-state index contributed by atoms with van der Waals surface area (Å²) in [6.07, 6.45) is 0.940. The monoisotopic (exact) mass is 159 g/mol. The van der Waals surface area contributed by atoms with Gasteiger partial charge < -0.3 is 9.84 Å². The first-order valence-electron chi connectivity index (χ1n) is 3.77. The summed E-state index contributed by atoms with van der Waals surface area (Å²) in [6.45, 7) is 3.32. The maximum absolute atomic E-state index is 10.7. The fourth-order valence-corrected chi connectivity index (χ4v) is 0.972. The van der Waals surface area contributed by atoms with E-state index in [2.05, 4.69) is 5.32 Å². The molecule has 11 heavy (non-hydrogen) atoms. The fourth-order valence-electron chi connectivity index (χ4n) is 0.972. The Labute approximate surface area is 65.5 Å². The van der Waals surface area contributed by atoms with E-state index in [0.29, 0.717) is 13.2 Å². The Bertz CT molecular complexity index is 154. The van der Waals surface area contributed by atoms with Gasteiger partial charge in [-0.3, -0.25) is 10.1 Å². The Morgan fingerprint density at radius 1 is 1.73 bits per heavy atom. The summed E-state index contributed by atoms with van der Waals surface area (Å²) in [5.74, 6) is -0.808. The van der Waals surface area contributed by atoms with Gasteiger partial charge in [0.1, 0.15) is 0 Å². The lowest BCUT2D eigenvalue weighted by Crippen LogP contribution is -2.65. The molecule has 4 heteroatoms. The number of carbonyl (C=O) groups is 1. The van der Waals surface area contributed by atoms with Crippen LogP contribution in [0.25, 0.3) is 0 Å². The summed E-state index contributed by atoms with van der Waals surface area (Å²) < 4.78 is 4.85. The lowest BCUT2D eigenvalue weighted by Gasteiger charge is -2.38. The number of nitrogens with one attached hydrogen (secondary N) is 1. The Morgan fingerprint density at radius 3 is 2.64 bits per heavy atom. The largest absolute Gasteiger partial charge is 0.480 e. The number of hydrogen-bond acceptors (Lipinski definition) is 3. The molecule has 4 nitrogen and oxygen atoms in total. The second kappa shape index (κ2) is 3.19. The predicted molar refractivity (Wildman–Crippen MR) is 39.5 cm³/mol. The molecule has 1 aliphatic rings. The molecule has 0 aromatic carbocycles. The second-order valence-electron chi connectivity index (χ2n) is 2.81. The summed E-state index contributed by atoms with van der Waals surface area (Å²) in [7, 11) is 0. The smallest absolute Gasteiger partial charge is 0.328 e. The van der Waals surface area contributed by atoms with Crippen molar-refractivity contribution in [3.05, 3.63) is 0 Å². The van der Waals surface area contributed by atoms with Crippen LogP contribution in [0, 0.1) is 0 Å². The molecular weight excluding hydrogens is 146 g/mol. The molecule has 0 amide bonds. The number of ether oxygens (including phenoxy) is 1. The molecular formula is C7H13NO3. The van der Waals surface area contributed by atoms with Crippen molar-refractivity contribution in [1.29, 1.82) is 0 Å². The van der Waals surface area contributed by atoms with Crippen LogP contribution >= 0.6 is 0 Å². The van der Waals surface area contributed by atoms with Crippen molar-refractivity contribution < 1.29 is 14.6 Å². The van der Waals surface area contributed by atoms with Crippen molar-refractivity contribution in [2.75, 3.05) is 19.8 Å². The van der Waals surface area contributed by atoms with Crippen molar-refractivity contribution in [1.82, 2.24) is 5.32 Å². The third-order valence-electron chi connectivity index (χ3n) is 1.82. The van der Waals surface area contributed by atoms with Crippen LogP contribution in [0.2, 0.25) is 0 Å². The van der Waals surface area contributed by atoms with Crippen LogP contribution in [0.15, 0.2) is 0 Å². The molecule has 1 aliphatic heterocycles. The van der Waals surface area contributed by atoms with Crippen LogP contribution in [0.1, 0.15) is 13.3 Å². The molecule has 0 aliphatic carbocycles. The number of carboxylic acid groups (broad SMARTS) is 1. The van der Waals surface area contributed by atoms with E-state index < -0.39 is 11.5 Å². The summed E-state index contributed by atoms with van der Waals surface area (Å²) in [5, 5.41) is 11.7. The SMILES string of the molecule is CCCNC1(C(=O)O)COC1. The van der Waals surface area contributed by atoms with Crippen molar-refractivity contribution in [3.63, 3.8) is 0 Å². The molecule has 1 saturated heterocycles. The molecule has 0 spiro atoms. The number of hydrogen-bond donors (Lipinski definition) is 2. The highest BCUT2D eigenvalue weighted by molar-refractivity contribution is 5.80. The topological polar surface area (TPSA) is 58.6 Å². The van der Waals surface area contributed by atoms with Gasteiger partial charge in [-0.15, -0.1) is 0 Å². The Morgan fingerprint density at radius 2 is 2.36 bits per heavy atom. The van der Waals surface area contributed by atoms with Gasteiger partial charge in [-0.25, -0.2) is 0 Å². The summed E-state index contributed by atoms with van der Waals surface area (Å²) in [6, 6.07) is 0. The van der Waals surface area contributed by atoms with Gasteiger partial charge >= 0.3 is 5.97 Å². The molecule has 0 atom stereocenters. The quantitative estimate of drug-likeness (QED) is 0.598. The van der Waals surface area contributed by atoms with Gasteiger partial charge in [0.05, 0.1) is 13.2 Å². The normalized spacial score (nSPS) is 20.8. The van der Waals surface area contributed by atoms with Gasteiger partial charge in [-0.2, -0.15) is 0 Å². The first-order chi connectivity index (χ1) is 5.21. The minimum atomic E-state index is -0.808. The predicted octanol–water partition coefficient (Wildman–Crippen LogP) is -0.160. The molecule has 0 aromatic rings. The molecule has 0 radical (unpaired) electrons. The van der Waals surface area contributed by atoms with E-state index in [4.69, 9.17) is 9.84 Å². The minimum Gasteiger partial charge on any atom is -0.480 e. The van der Waals surface area contributed by atoms with Crippen LogP contribution in [0.4, 0.5) is 0 Å². The van der Waals surface area contributed by atoms with E-state index in [-0.39, 0.29) is 0 Å². The molecule has 1 heterocycles. The van der Waals surface area contributed by atoms with Crippen LogP contribution in [0.3, 0.4) is 0 Å². The summed E-state index contributed by atoms with van der Waals surface area (Å²) in [4.78, 5) is 10.7. The van der Waals surface area contributed by atoms with Crippen molar-refractivity contribution in [3.8, 4) is 0 Å². The molecule has 0 unspecified atom stereocenters. The molecule has 1 fully saturated rings. The second-order valence-corrected chi connectivity index (χ2v) is 2.81. The molecule has 64 valence electrons. The summed E-state index contributed by atoms with van der Waals surface area (Å²) in [5.41, 5.74) is -0.782. The van der Waals surface area contributed by atoms with Gasteiger partial charge in [-0.05, 0) is 13.0 Å². The Balaban J connectivity index is 2.40. The Kier molecular flexibility index (Phi) is 2.46. The zero-order valence-corrected chi connectivity index (χ0v) is 6.59. The van der Waals surface area contributed by atoms with Crippen molar-refractivity contribution in [2.45, 2.75) is 18.9 Å². The highest BCUT2D eigenvalue weighted by Crippen LogP contribution is 2.16. The van der Waals surface area contributed by atoms with Gasteiger partial charge in [0.25, 0.3) is 0 Å². The highest BCUT2D eigenvalue weighted by Gasteiger charge is 2.45. The molecule has 0 bridgehead atoms. The Hall–Kier alpha value is -0.610. The van der Waals surface area contributed by atoms with Crippen molar-refractivity contribution in [2.24, 2.45) is 0 Å². The third kappa shape index (κ3) is 1.52. The van der Waals surface area contributed by atoms with Gasteiger partial charge in [0, 0.05) is 0 Å². The maximum Gasteiger partial charge on any atom is 0.328 e. The number of rotatable bonds is 4. The first kappa shape index (κ1) is 8.49. The van der Waals surface area contributed by atoms with E-state index >= 15 is 0 Å². The zero-order valence-electron chi connectivity index (χ0n) is 6.59. The number of aliphatic carboxylic acids is 1. The zero-order chi connectivity index (χ0) is 8.32. The fraction of sp³-hybridized carbons (Fsp3) is 0.857. The molecule has 1 rings (SSSR count). The molecule has 2 N–H and O–H groups in total. The first-order valence-corrected chi connectivity index (χ1v) is 3.77. The van der Waals surface area contributed by atoms with Crippen LogP contribution in [-0.2, 0) is 9.53 Å². The van der Waals surface area contributed by atoms with E-state index in [9.17, 15) is 4.79 Å². The van der Waals surface area contributed by atoms with Gasteiger partial charge in [0.2, 0.25) is 0 Å². The standard InChI is InChI=1S/C7H13NO3/c1-2-3-8-7(6(9)10)4-11-5-7/h8H,2-5H2,1H3,(H,9,10). The lowest BCUT2D eigenvalue weighted by molar-refractivity contribution is -0.165. The molecule has 0 saturated carbocycles. The maximum atomic E-state index is 10.7. The van der Waals surface area contributed by atoms with Crippen LogP contribution in [0.5, 0.6) is 0 Å². The van der Waals surface area contributed by atoms with E-state index in [1.165, 1.54) is 0 Å². The van der Waals surface area contributed by atoms with Crippen molar-refractivity contribution >= 4 is 5.97 Å². The average molecular weight is 159 g/mol. The van der Waals surface area contributed by atoms with E-state index in [0.717, 1.165) is 13.0 Å². The minimum absolute atomic E-state index is 0.294. The third-order valence-corrected chi connectivity index (χ3v) is 1.82. The average Bonchev–Trinajstić information content (AvgIpc) is 1.85.